The lowest BCUT2D eigenvalue weighted by atomic mass is 10.0. The van der Waals surface area contributed by atoms with E-state index in [4.69, 9.17) is 35.5 Å². The largest absolute Gasteiger partial charge is 0.489 e. The van der Waals surface area contributed by atoms with E-state index in [1.54, 1.807) is 85.4 Å². The summed E-state index contributed by atoms with van der Waals surface area (Å²) >= 11 is 7.78. The first kappa shape index (κ1) is 47.7. The number of rotatable bonds is 9. The van der Waals surface area contributed by atoms with Gasteiger partial charge < -0.3 is 29.2 Å². The number of carbonyl (C=O) groups excluding carboxylic acids is 3. The summed E-state index contributed by atoms with van der Waals surface area (Å²) in [6.45, 7) is 22.4. The number of anilines is 4. The normalized spacial score (nSPS) is 14.1. The third-order valence-electron chi connectivity index (χ3n) is 8.73. The summed E-state index contributed by atoms with van der Waals surface area (Å²) in [5, 5.41) is 15.3. The van der Waals surface area contributed by atoms with E-state index in [0.29, 0.717) is 5.56 Å². The zero-order valence-electron chi connectivity index (χ0n) is 36.7. The second-order valence-electron chi connectivity index (χ2n) is 17.0. The molecule has 334 valence electrons. The van der Waals surface area contributed by atoms with E-state index in [-0.39, 0.29) is 84.7 Å². The first-order chi connectivity index (χ1) is 29.4. The SMILES string of the molecule is C=CCC(c1cccnc1N(C(=O)OC(C)(C)C)C(=O)OC(C)(C)C)N1CCOc2c(Cl)c(/C=c3\c(C#N)c(NC(=O)OC(C)(C)C)s\c3=C(/F)C=C)c(F)c3nc(NC)nc1c23. The van der Waals surface area contributed by atoms with Gasteiger partial charge in [0.1, 0.15) is 51.6 Å². The number of halogens is 3. The first-order valence-corrected chi connectivity index (χ1v) is 20.8. The number of ether oxygens (including phenoxy) is 4. The molecule has 63 heavy (non-hydrogen) atoms. The highest BCUT2D eigenvalue weighted by atomic mass is 35.5. The van der Waals surface area contributed by atoms with Gasteiger partial charge in [-0.3, -0.25) is 5.32 Å². The summed E-state index contributed by atoms with van der Waals surface area (Å²) in [5.74, 6) is -1.83. The van der Waals surface area contributed by atoms with Gasteiger partial charge in [-0.25, -0.2) is 33.1 Å². The Hall–Kier alpha value is -6.32. The maximum absolute atomic E-state index is 17.3. The van der Waals surface area contributed by atoms with Gasteiger partial charge in [0.15, 0.2) is 17.4 Å². The maximum atomic E-state index is 17.3. The Morgan fingerprint density at radius 2 is 1.71 bits per heavy atom. The van der Waals surface area contributed by atoms with E-state index < -0.39 is 52.8 Å². The quantitative estimate of drug-likeness (QED) is 0.120. The molecule has 0 bridgehead atoms. The Kier molecular flexibility index (Phi) is 14.1. The molecule has 0 saturated carbocycles. The fraction of sp³-hybridized carbons (Fsp3) is 0.386. The smallest absolute Gasteiger partial charge is 0.425 e. The van der Waals surface area contributed by atoms with Gasteiger partial charge >= 0.3 is 18.3 Å². The number of nitrogens with zero attached hydrogens (tertiary/aromatic N) is 6. The number of imide groups is 1. The van der Waals surface area contributed by atoms with E-state index in [2.05, 4.69) is 33.8 Å². The molecular weight excluding hydrogens is 858 g/mol. The van der Waals surface area contributed by atoms with E-state index >= 15 is 8.78 Å². The van der Waals surface area contributed by atoms with Crippen molar-refractivity contribution in [2.24, 2.45) is 0 Å². The van der Waals surface area contributed by atoms with Crippen LogP contribution in [0.4, 0.5) is 45.7 Å². The van der Waals surface area contributed by atoms with Crippen molar-refractivity contribution >= 4 is 86.6 Å². The number of carbonyl (C=O) groups is 3. The Morgan fingerprint density at radius 1 is 1.08 bits per heavy atom. The number of pyridine rings is 1. The molecule has 5 rings (SSSR count). The molecule has 1 aromatic carbocycles. The highest BCUT2D eigenvalue weighted by molar-refractivity contribution is 7.14. The standard InChI is InChI=1S/C44H49ClF2N8O7S/c1-13-16-28(23-17-15-18-50-35(23)55(40(57)61-43(6,7)8)41(58)62-44(9,10)11)54-19-20-59-33-29-32(51-38(49-12)52-36(29)54)31(47)25(30(33)45)21-24-26(22-48)37(63-34(24)27(46)14-2)53-39(56)60-42(3,4)5/h13-15,17-18,21,28H,1-2,16,19-20H2,3-12H3,(H,53,56)(H,49,51,52)/b24-21+,34-27-. The number of amides is 3. The summed E-state index contributed by atoms with van der Waals surface area (Å²) in [5.41, 5.74) is -3.32. The second-order valence-corrected chi connectivity index (χ2v) is 18.4. The van der Waals surface area contributed by atoms with Gasteiger partial charge in [-0.1, -0.05) is 30.3 Å². The van der Waals surface area contributed by atoms with Crippen molar-refractivity contribution in [3.63, 3.8) is 0 Å². The summed E-state index contributed by atoms with van der Waals surface area (Å²) in [4.78, 5) is 56.7. The fourth-order valence-corrected chi connectivity index (χ4v) is 7.73. The van der Waals surface area contributed by atoms with Crippen molar-refractivity contribution in [3.8, 4) is 11.8 Å². The average Bonchev–Trinajstić information content (AvgIpc) is 3.39. The minimum absolute atomic E-state index is 0.0146. The summed E-state index contributed by atoms with van der Waals surface area (Å²) in [7, 11) is 1.54. The number of hydrogen-bond acceptors (Lipinski definition) is 14. The van der Waals surface area contributed by atoms with Crippen LogP contribution in [0.1, 0.15) is 91.5 Å². The molecule has 3 amide bonds. The zero-order valence-corrected chi connectivity index (χ0v) is 38.2. The molecule has 1 unspecified atom stereocenters. The van der Waals surface area contributed by atoms with E-state index in [1.807, 2.05) is 6.07 Å². The van der Waals surface area contributed by atoms with E-state index in [9.17, 15) is 19.6 Å². The van der Waals surface area contributed by atoms with Gasteiger partial charge in [-0.2, -0.15) is 15.1 Å². The topological polar surface area (TPSA) is 181 Å². The molecule has 4 heterocycles. The molecule has 1 aliphatic heterocycles. The van der Waals surface area contributed by atoms with Crippen LogP contribution in [0.3, 0.4) is 0 Å². The number of allylic oxidation sites excluding steroid dienone is 1. The molecule has 2 N–H and O–H groups in total. The first-order valence-electron chi connectivity index (χ1n) is 19.6. The lowest BCUT2D eigenvalue weighted by Crippen LogP contribution is -2.45. The molecule has 0 spiro atoms. The van der Waals surface area contributed by atoms with Crippen LogP contribution >= 0.6 is 22.9 Å². The molecule has 0 saturated heterocycles. The van der Waals surface area contributed by atoms with E-state index in [1.165, 1.54) is 19.3 Å². The van der Waals surface area contributed by atoms with Crippen molar-refractivity contribution in [3.05, 3.63) is 80.9 Å². The van der Waals surface area contributed by atoms with Crippen LogP contribution in [-0.2, 0) is 14.2 Å². The molecule has 3 aromatic heterocycles. The van der Waals surface area contributed by atoms with Gasteiger partial charge in [0.05, 0.1) is 33.1 Å². The molecule has 0 radical (unpaired) electrons. The van der Waals surface area contributed by atoms with Crippen LogP contribution in [-0.4, -0.2) is 70.2 Å². The molecule has 19 heteroatoms. The van der Waals surface area contributed by atoms with Crippen LogP contribution in [0.5, 0.6) is 5.75 Å². The van der Waals surface area contributed by atoms with Gasteiger partial charge in [0, 0.05) is 29.6 Å². The molecule has 1 atom stereocenters. The fourth-order valence-electron chi connectivity index (χ4n) is 6.40. The van der Waals surface area contributed by atoms with Crippen molar-refractivity contribution in [1.82, 2.24) is 15.0 Å². The number of hydrogen-bond donors (Lipinski definition) is 2. The number of aromatic nitrogens is 3. The molecule has 4 aromatic rings. The van der Waals surface area contributed by atoms with Gasteiger partial charge in [0.2, 0.25) is 5.95 Å². The second kappa shape index (κ2) is 18.6. The van der Waals surface area contributed by atoms with Crippen LogP contribution in [0, 0.1) is 17.1 Å². The summed E-state index contributed by atoms with van der Waals surface area (Å²) in [6, 6.07) is 4.48. The Labute approximate surface area is 372 Å². The number of benzene rings is 1. The predicted molar refractivity (Wildman–Crippen MR) is 240 cm³/mol. The van der Waals surface area contributed by atoms with E-state index in [0.717, 1.165) is 22.3 Å². The maximum Gasteiger partial charge on any atom is 0.425 e. The minimum Gasteiger partial charge on any atom is -0.489 e. The third-order valence-corrected chi connectivity index (χ3v) is 10.2. The van der Waals surface area contributed by atoms with Gasteiger partial charge in [0.25, 0.3) is 0 Å². The Bertz CT molecular complexity index is 2640. The van der Waals surface area contributed by atoms with Crippen molar-refractivity contribution in [1.29, 1.82) is 5.26 Å². The molecule has 1 aliphatic rings. The Balaban J connectivity index is 1.79. The molecule has 0 aliphatic carbocycles. The van der Waals surface area contributed by atoms with Crippen LogP contribution in [0.2, 0.25) is 5.02 Å². The predicted octanol–water partition coefficient (Wildman–Crippen LogP) is 9.42. The van der Waals surface area contributed by atoms with Crippen LogP contribution in [0.15, 0.2) is 43.6 Å². The summed E-state index contributed by atoms with van der Waals surface area (Å²) in [6.07, 6.45) is 2.33. The number of thiophene rings is 1. The van der Waals surface area contributed by atoms with Crippen LogP contribution in [0.25, 0.3) is 22.8 Å². The zero-order chi connectivity index (χ0) is 46.8. The van der Waals surface area contributed by atoms with Gasteiger partial charge in [-0.15, -0.1) is 17.9 Å². The van der Waals surface area contributed by atoms with Crippen molar-refractivity contribution < 1.29 is 42.1 Å². The molecule has 15 nitrogen and oxygen atoms in total. The molecule has 0 fully saturated rings. The highest BCUT2D eigenvalue weighted by Crippen LogP contribution is 2.47. The van der Waals surface area contributed by atoms with Crippen LogP contribution < -0.4 is 34.9 Å². The number of nitrogens with one attached hydrogen (secondary N) is 2. The molecular formula is C44H49ClF2N8O7S. The monoisotopic (exact) mass is 906 g/mol. The van der Waals surface area contributed by atoms with Crippen molar-refractivity contribution in [2.45, 2.75) is 91.6 Å². The minimum atomic E-state index is -1.04. The third kappa shape index (κ3) is 10.7. The lowest BCUT2D eigenvalue weighted by Gasteiger charge is -2.34. The number of nitriles is 1. The van der Waals surface area contributed by atoms with Crippen molar-refractivity contribution in [2.75, 3.05) is 40.6 Å². The summed E-state index contributed by atoms with van der Waals surface area (Å²) < 4.78 is 55.6. The lowest BCUT2D eigenvalue weighted by molar-refractivity contribution is 0.0427. The highest BCUT2D eigenvalue weighted by Gasteiger charge is 2.39. The van der Waals surface area contributed by atoms with Gasteiger partial charge in [-0.05, 0) is 87.0 Å². The average molecular weight is 907 g/mol. The Morgan fingerprint density at radius 3 is 2.27 bits per heavy atom.